The van der Waals surface area contributed by atoms with Crippen molar-refractivity contribution >= 4 is 17.5 Å². The van der Waals surface area contributed by atoms with E-state index in [-0.39, 0.29) is 11.9 Å². The van der Waals surface area contributed by atoms with Crippen LogP contribution in [0.5, 0.6) is 11.5 Å². The number of nitrogens with zero attached hydrogens (tertiary/aromatic N) is 2. The summed E-state index contributed by atoms with van der Waals surface area (Å²) in [5.74, 6) is 1.51. The van der Waals surface area contributed by atoms with Gasteiger partial charge in [0.2, 0.25) is 6.79 Å². The molecule has 1 aromatic carbocycles. The van der Waals surface area contributed by atoms with E-state index in [1.807, 2.05) is 6.07 Å². The maximum atomic E-state index is 11.7. The number of ether oxygens (including phenoxy) is 2. The highest BCUT2D eigenvalue weighted by Crippen LogP contribution is 2.32. The SMILES string of the molecule is O=C1NNCC(N2CCN(Cc3ccc4c(c3)OCO4)CC2)C1Cl. The summed E-state index contributed by atoms with van der Waals surface area (Å²) in [5.41, 5.74) is 6.73. The molecule has 0 spiro atoms. The highest BCUT2D eigenvalue weighted by Gasteiger charge is 2.35. The number of piperazine rings is 1. The number of hydrazine groups is 1. The van der Waals surface area contributed by atoms with Crippen LogP contribution in [0.25, 0.3) is 0 Å². The maximum absolute atomic E-state index is 11.7. The second-order valence-electron chi connectivity index (χ2n) is 6.34. The molecule has 24 heavy (non-hydrogen) atoms. The number of rotatable bonds is 3. The molecule has 2 saturated heterocycles. The van der Waals surface area contributed by atoms with Crippen LogP contribution in [-0.2, 0) is 11.3 Å². The zero-order valence-electron chi connectivity index (χ0n) is 13.3. The van der Waals surface area contributed by atoms with Gasteiger partial charge in [0.05, 0.1) is 0 Å². The summed E-state index contributed by atoms with van der Waals surface area (Å²) in [4.78, 5) is 16.4. The Bertz CT molecular complexity index is 621. The van der Waals surface area contributed by atoms with E-state index in [1.165, 1.54) is 5.56 Å². The van der Waals surface area contributed by atoms with E-state index in [9.17, 15) is 4.79 Å². The molecule has 1 amide bonds. The van der Waals surface area contributed by atoms with Crippen molar-refractivity contribution in [2.45, 2.75) is 18.0 Å². The van der Waals surface area contributed by atoms with Gasteiger partial charge in [0, 0.05) is 45.3 Å². The molecule has 2 atom stereocenters. The molecule has 8 heteroatoms. The minimum absolute atomic E-state index is 0.0492. The number of nitrogens with one attached hydrogen (secondary N) is 2. The molecule has 2 unspecified atom stereocenters. The molecule has 0 radical (unpaired) electrons. The molecule has 0 aromatic heterocycles. The van der Waals surface area contributed by atoms with E-state index in [0.717, 1.165) is 44.2 Å². The fraction of sp³-hybridized carbons (Fsp3) is 0.562. The van der Waals surface area contributed by atoms with E-state index >= 15 is 0 Å². The molecule has 4 rings (SSSR count). The summed E-state index contributed by atoms with van der Waals surface area (Å²) in [6, 6.07) is 6.16. The van der Waals surface area contributed by atoms with Crippen molar-refractivity contribution in [3.63, 3.8) is 0 Å². The Balaban J connectivity index is 1.32. The third kappa shape index (κ3) is 3.17. The molecule has 0 bridgehead atoms. The first-order valence-corrected chi connectivity index (χ1v) is 8.66. The molecular weight excluding hydrogens is 332 g/mol. The Morgan fingerprint density at radius 3 is 2.79 bits per heavy atom. The molecule has 130 valence electrons. The summed E-state index contributed by atoms with van der Waals surface area (Å²) in [6.07, 6.45) is 0. The number of carbonyl (C=O) groups excluding carboxylic acids is 1. The fourth-order valence-corrected chi connectivity index (χ4v) is 3.76. The molecule has 2 N–H and O–H groups in total. The minimum atomic E-state index is -0.494. The number of benzene rings is 1. The largest absolute Gasteiger partial charge is 0.454 e. The predicted molar refractivity (Wildman–Crippen MR) is 89.0 cm³/mol. The van der Waals surface area contributed by atoms with E-state index < -0.39 is 5.38 Å². The lowest BCUT2D eigenvalue weighted by atomic mass is 10.1. The predicted octanol–water partition coefficient (Wildman–Crippen LogP) is 0.143. The van der Waals surface area contributed by atoms with Crippen molar-refractivity contribution < 1.29 is 14.3 Å². The number of amides is 1. The van der Waals surface area contributed by atoms with Crippen LogP contribution in [0, 0.1) is 0 Å². The van der Waals surface area contributed by atoms with Gasteiger partial charge in [-0.1, -0.05) is 6.07 Å². The lowest BCUT2D eigenvalue weighted by Crippen LogP contribution is -2.64. The Kier molecular flexibility index (Phi) is 4.49. The molecule has 2 fully saturated rings. The first-order valence-electron chi connectivity index (χ1n) is 8.22. The molecule has 3 heterocycles. The molecule has 3 aliphatic heterocycles. The van der Waals surface area contributed by atoms with E-state index in [2.05, 4.69) is 32.8 Å². The number of carbonyl (C=O) groups is 1. The first kappa shape index (κ1) is 16.0. The summed E-state index contributed by atoms with van der Waals surface area (Å²) in [7, 11) is 0. The lowest BCUT2D eigenvalue weighted by Gasteiger charge is -2.42. The molecule has 3 aliphatic rings. The molecule has 0 aliphatic carbocycles. The van der Waals surface area contributed by atoms with Crippen LogP contribution in [-0.4, -0.2) is 66.6 Å². The smallest absolute Gasteiger partial charge is 0.253 e. The zero-order chi connectivity index (χ0) is 16.5. The third-order valence-corrected chi connectivity index (χ3v) is 5.32. The van der Waals surface area contributed by atoms with Gasteiger partial charge in [0.1, 0.15) is 5.38 Å². The highest BCUT2D eigenvalue weighted by atomic mass is 35.5. The van der Waals surface area contributed by atoms with Crippen LogP contribution in [0.15, 0.2) is 18.2 Å². The van der Waals surface area contributed by atoms with Gasteiger partial charge in [-0.15, -0.1) is 11.6 Å². The molecule has 0 saturated carbocycles. The van der Waals surface area contributed by atoms with Crippen LogP contribution in [0.2, 0.25) is 0 Å². The fourth-order valence-electron chi connectivity index (χ4n) is 3.45. The number of halogens is 1. The van der Waals surface area contributed by atoms with Crippen molar-refractivity contribution in [2.75, 3.05) is 39.5 Å². The normalized spacial score (nSPS) is 28.0. The lowest BCUT2D eigenvalue weighted by molar-refractivity contribution is -0.125. The van der Waals surface area contributed by atoms with Gasteiger partial charge < -0.3 is 9.47 Å². The van der Waals surface area contributed by atoms with Gasteiger partial charge in [-0.25, -0.2) is 5.43 Å². The average molecular weight is 353 g/mol. The van der Waals surface area contributed by atoms with Crippen LogP contribution in [0.1, 0.15) is 5.56 Å². The van der Waals surface area contributed by atoms with E-state index in [4.69, 9.17) is 21.1 Å². The maximum Gasteiger partial charge on any atom is 0.253 e. The molecule has 7 nitrogen and oxygen atoms in total. The van der Waals surface area contributed by atoms with E-state index in [1.54, 1.807) is 0 Å². The van der Waals surface area contributed by atoms with Crippen LogP contribution >= 0.6 is 11.6 Å². The van der Waals surface area contributed by atoms with E-state index in [0.29, 0.717) is 13.3 Å². The summed E-state index contributed by atoms with van der Waals surface area (Å²) < 4.78 is 10.8. The minimum Gasteiger partial charge on any atom is -0.454 e. The Labute approximate surface area is 145 Å². The van der Waals surface area contributed by atoms with Crippen molar-refractivity contribution in [3.05, 3.63) is 23.8 Å². The quantitative estimate of drug-likeness (QED) is 0.755. The highest BCUT2D eigenvalue weighted by molar-refractivity contribution is 6.31. The van der Waals surface area contributed by atoms with Crippen LogP contribution < -0.4 is 20.3 Å². The monoisotopic (exact) mass is 352 g/mol. The van der Waals surface area contributed by atoms with Crippen LogP contribution in [0.4, 0.5) is 0 Å². The summed E-state index contributed by atoms with van der Waals surface area (Å²) >= 11 is 6.25. The Morgan fingerprint density at radius 1 is 1.17 bits per heavy atom. The van der Waals surface area contributed by atoms with Crippen LogP contribution in [0.3, 0.4) is 0 Å². The average Bonchev–Trinajstić information content (AvgIpc) is 3.06. The van der Waals surface area contributed by atoms with Crippen molar-refractivity contribution in [1.29, 1.82) is 0 Å². The van der Waals surface area contributed by atoms with Gasteiger partial charge in [-0.3, -0.25) is 20.0 Å². The number of fused-ring (bicyclic) bond motifs is 1. The van der Waals surface area contributed by atoms with Gasteiger partial charge in [-0.05, 0) is 17.7 Å². The number of hydrogen-bond donors (Lipinski definition) is 2. The second-order valence-corrected chi connectivity index (χ2v) is 6.81. The zero-order valence-corrected chi connectivity index (χ0v) is 14.1. The number of alkyl halides is 1. The Morgan fingerprint density at radius 2 is 1.96 bits per heavy atom. The molecular formula is C16H21ClN4O3. The van der Waals surface area contributed by atoms with Crippen molar-refractivity contribution in [3.8, 4) is 11.5 Å². The third-order valence-electron chi connectivity index (χ3n) is 4.83. The van der Waals surface area contributed by atoms with Gasteiger partial charge in [0.15, 0.2) is 11.5 Å². The first-order chi connectivity index (χ1) is 11.7. The topological polar surface area (TPSA) is 66.1 Å². The Hall–Kier alpha value is -1.54. The van der Waals surface area contributed by atoms with Gasteiger partial charge in [-0.2, -0.15) is 0 Å². The van der Waals surface area contributed by atoms with Crippen molar-refractivity contribution in [1.82, 2.24) is 20.7 Å². The summed E-state index contributed by atoms with van der Waals surface area (Å²) in [5, 5.41) is -0.494. The van der Waals surface area contributed by atoms with Gasteiger partial charge >= 0.3 is 0 Å². The molecule has 1 aromatic rings. The van der Waals surface area contributed by atoms with Crippen molar-refractivity contribution in [2.24, 2.45) is 0 Å². The van der Waals surface area contributed by atoms with Gasteiger partial charge in [0.25, 0.3) is 5.91 Å². The summed E-state index contributed by atoms with van der Waals surface area (Å²) in [6.45, 7) is 5.60. The second kappa shape index (κ2) is 6.76. The number of hydrogen-bond acceptors (Lipinski definition) is 6. The standard InChI is InChI=1S/C16H21ClN4O3/c17-15-12(8-18-19-16(15)22)21-5-3-20(4-6-21)9-11-1-2-13-14(7-11)24-10-23-13/h1-2,7,12,15,18H,3-6,8-10H2,(H,19,22).